The van der Waals surface area contributed by atoms with Gasteiger partial charge in [-0.3, -0.25) is 4.79 Å². The molecule has 2 unspecified atom stereocenters. The first-order chi connectivity index (χ1) is 7.58. The lowest BCUT2D eigenvalue weighted by Gasteiger charge is -2.05. The van der Waals surface area contributed by atoms with Crippen LogP contribution in [-0.2, 0) is 16.0 Å². The molecule has 0 radical (unpaired) electrons. The molecule has 0 bridgehead atoms. The molecule has 0 saturated carbocycles. The Hall–Kier alpha value is -1.35. The van der Waals surface area contributed by atoms with E-state index in [1.165, 1.54) is 11.1 Å². The first kappa shape index (κ1) is 11.1. The van der Waals surface area contributed by atoms with Gasteiger partial charge >= 0.3 is 5.97 Å². The van der Waals surface area contributed by atoms with E-state index in [0.717, 1.165) is 5.56 Å². The molecule has 1 aliphatic rings. The number of carboxylic acid groups (broad SMARTS) is 1. The van der Waals surface area contributed by atoms with E-state index < -0.39 is 5.97 Å². The molecule has 1 aliphatic heterocycles. The molecule has 1 heterocycles. The predicted molar refractivity (Wildman–Crippen MR) is 60.3 cm³/mol. The van der Waals surface area contributed by atoms with E-state index in [-0.39, 0.29) is 18.6 Å². The third kappa shape index (κ3) is 2.09. The van der Waals surface area contributed by atoms with Gasteiger partial charge < -0.3 is 9.84 Å². The topological polar surface area (TPSA) is 46.5 Å². The summed E-state index contributed by atoms with van der Waals surface area (Å²) in [7, 11) is 0. The Morgan fingerprint density at radius 1 is 1.31 bits per heavy atom. The molecule has 0 aliphatic carbocycles. The maximum absolute atomic E-state index is 10.5. The zero-order valence-corrected chi connectivity index (χ0v) is 9.56. The number of carboxylic acids is 1. The van der Waals surface area contributed by atoms with Crippen LogP contribution in [0.25, 0.3) is 0 Å². The Bertz CT molecular complexity index is 412. The van der Waals surface area contributed by atoms with Crippen molar-refractivity contribution >= 4 is 5.97 Å². The van der Waals surface area contributed by atoms with Gasteiger partial charge in [0.15, 0.2) is 0 Å². The third-order valence-electron chi connectivity index (χ3n) is 3.06. The molecule has 0 spiro atoms. The minimum Gasteiger partial charge on any atom is -0.481 e. The Labute approximate surface area is 95.0 Å². The number of aryl methyl sites for hydroxylation is 1. The zero-order chi connectivity index (χ0) is 11.7. The van der Waals surface area contributed by atoms with Gasteiger partial charge in [0, 0.05) is 6.42 Å². The van der Waals surface area contributed by atoms with Gasteiger partial charge in [-0.05, 0) is 37.0 Å². The molecule has 1 N–H and O–H groups in total. The highest BCUT2D eigenvalue weighted by Crippen LogP contribution is 2.38. The number of hydrogen-bond acceptors (Lipinski definition) is 2. The fraction of sp³-hybridized carbons (Fsp3) is 0.462. The highest BCUT2D eigenvalue weighted by molar-refractivity contribution is 5.67. The van der Waals surface area contributed by atoms with Gasteiger partial charge in [0.05, 0.1) is 12.2 Å². The Morgan fingerprint density at radius 3 is 2.69 bits per heavy atom. The fourth-order valence-corrected chi connectivity index (χ4v) is 2.21. The summed E-state index contributed by atoms with van der Waals surface area (Å²) < 4.78 is 5.70. The summed E-state index contributed by atoms with van der Waals surface area (Å²) in [5.74, 6) is -0.752. The van der Waals surface area contributed by atoms with Crippen LogP contribution in [0.3, 0.4) is 0 Å². The minimum atomic E-state index is -0.752. The normalized spacial score (nSPS) is 23.1. The molecule has 3 nitrogen and oxygen atoms in total. The molecule has 0 fully saturated rings. The number of ether oxygens (including phenoxy) is 1. The summed E-state index contributed by atoms with van der Waals surface area (Å²) in [5, 5.41) is 8.64. The lowest BCUT2D eigenvalue weighted by atomic mass is 9.98. The molecule has 2 atom stereocenters. The number of benzene rings is 1. The summed E-state index contributed by atoms with van der Waals surface area (Å²) in [4.78, 5) is 10.5. The van der Waals surface area contributed by atoms with E-state index >= 15 is 0 Å². The van der Waals surface area contributed by atoms with E-state index in [0.29, 0.717) is 6.42 Å². The second-order valence-electron chi connectivity index (χ2n) is 4.28. The molecular formula is C13H16O3. The van der Waals surface area contributed by atoms with Crippen LogP contribution in [-0.4, -0.2) is 11.1 Å². The minimum absolute atomic E-state index is 0.120. The lowest BCUT2D eigenvalue weighted by Crippen LogP contribution is -1.98. The molecule has 0 saturated heterocycles. The van der Waals surface area contributed by atoms with Crippen molar-refractivity contribution in [1.29, 1.82) is 0 Å². The van der Waals surface area contributed by atoms with Crippen molar-refractivity contribution in [2.45, 2.75) is 38.9 Å². The predicted octanol–water partition coefficient (Wildman–Crippen LogP) is 2.86. The van der Waals surface area contributed by atoms with Crippen LogP contribution in [0, 0.1) is 0 Å². The Morgan fingerprint density at radius 2 is 2.00 bits per heavy atom. The van der Waals surface area contributed by atoms with Gasteiger partial charge in [0.2, 0.25) is 0 Å². The van der Waals surface area contributed by atoms with Crippen LogP contribution in [0.4, 0.5) is 0 Å². The monoisotopic (exact) mass is 220 g/mol. The van der Waals surface area contributed by atoms with Crippen LogP contribution in [0.5, 0.6) is 0 Å². The zero-order valence-electron chi connectivity index (χ0n) is 9.56. The number of hydrogen-bond donors (Lipinski definition) is 1. The summed E-state index contributed by atoms with van der Waals surface area (Å²) in [6.45, 7) is 4.07. The summed E-state index contributed by atoms with van der Waals surface area (Å²) in [6, 6.07) is 6.13. The fourth-order valence-electron chi connectivity index (χ4n) is 2.21. The molecule has 1 aromatic rings. The van der Waals surface area contributed by atoms with E-state index in [1.54, 1.807) is 0 Å². The van der Waals surface area contributed by atoms with Crippen LogP contribution in [0.2, 0.25) is 0 Å². The number of carbonyl (C=O) groups is 1. The number of rotatable bonds is 3. The second kappa shape index (κ2) is 4.26. The van der Waals surface area contributed by atoms with E-state index in [1.807, 2.05) is 19.9 Å². The average Bonchev–Trinajstić information content (AvgIpc) is 2.52. The third-order valence-corrected chi connectivity index (χ3v) is 3.06. The molecule has 3 heteroatoms. The second-order valence-corrected chi connectivity index (χ2v) is 4.28. The van der Waals surface area contributed by atoms with Gasteiger partial charge in [-0.15, -0.1) is 0 Å². The maximum atomic E-state index is 10.5. The largest absolute Gasteiger partial charge is 0.481 e. The summed E-state index contributed by atoms with van der Waals surface area (Å²) in [6.07, 6.45) is 1.04. The summed E-state index contributed by atoms with van der Waals surface area (Å²) in [5.41, 5.74) is 3.51. The molecule has 0 amide bonds. The highest BCUT2D eigenvalue weighted by atomic mass is 16.5. The van der Waals surface area contributed by atoms with Gasteiger partial charge in [-0.2, -0.15) is 0 Å². The Balaban J connectivity index is 2.19. The van der Waals surface area contributed by atoms with Crippen molar-refractivity contribution < 1.29 is 14.6 Å². The van der Waals surface area contributed by atoms with Gasteiger partial charge in [-0.1, -0.05) is 18.2 Å². The van der Waals surface area contributed by atoms with Crippen LogP contribution in [0.1, 0.15) is 49.2 Å². The lowest BCUT2D eigenvalue weighted by molar-refractivity contribution is -0.136. The average molecular weight is 220 g/mol. The van der Waals surface area contributed by atoms with Gasteiger partial charge in [0.25, 0.3) is 0 Å². The van der Waals surface area contributed by atoms with Crippen molar-refractivity contribution in [2.24, 2.45) is 0 Å². The van der Waals surface area contributed by atoms with Crippen molar-refractivity contribution in [1.82, 2.24) is 0 Å². The van der Waals surface area contributed by atoms with Gasteiger partial charge in [0.1, 0.15) is 0 Å². The molecular weight excluding hydrogens is 204 g/mol. The van der Waals surface area contributed by atoms with E-state index in [9.17, 15) is 4.79 Å². The van der Waals surface area contributed by atoms with Gasteiger partial charge in [-0.25, -0.2) is 0 Å². The highest BCUT2D eigenvalue weighted by Gasteiger charge is 2.25. The summed E-state index contributed by atoms with van der Waals surface area (Å²) >= 11 is 0. The number of aliphatic carboxylic acids is 1. The van der Waals surface area contributed by atoms with Crippen LogP contribution in [0.15, 0.2) is 18.2 Å². The molecule has 16 heavy (non-hydrogen) atoms. The van der Waals surface area contributed by atoms with E-state index in [2.05, 4.69) is 12.1 Å². The van der Waals surface area contributed by atoms with E-state index in [4.69, 9.17) is 9.84 Å². The smallest absolute Gasteiger partial charge is 0.303 e. The quantitative estimate of drug-likeness (QED) is 0.852. The molecule has 86 valence electrons. The van der Waals surface area contributed by atoms with Crippen LogP contribution < -0.4 is 0 Å². The maximum Gasteiger partial charge on any atom is 0.303 e. The van der Waals surface area contributed by atoms with Crippen LogP contribution >= 0.6 is 0 Å². The standard InChI is InChI=1S/C13H16O3/c1-8-11-5-3-10(4-6-13(14)15)7-12(11)9(2)16-8/h3,5,7-9H,4,6H2,1-2H3,(H,14,15). The van der Waals surface area contributed by atoms with Crippen molar-refractivity contribution in [3.8, 4) is 0 Å². The van der Waals surface area contributed by atoms with Crippen molar-refractivity contribution in [3.63, 3.8) is 0 Å². The molecule has 2 rings (SSSR count). The first-order valence-corrected chi connectivity index (χ1v) is 5.58. The SMILES string of the molecule is CC1OC(C)c2cc(CCC(=O)O)ccc21. The first-order valence-electron chi connectivity index (χ1n) is 5.58. The molecule has 1 aromatic carbocycles. The van der Waals surface area contributed by atoms with Crippen molar-refractivity contribution in [2.75, 3.05) is 0 Å². The Kier molecular flexibility index (Phi) is 2.97. The van der Waals surface area contributed by atoms with Crippen molar-refractivity contribution in [3.05, 3.63) is 34.9 Å². The number of fused-ring (bicyclic) bond motifs is 1. The molecule has 0 aromatic heterocycles.